The Morgan fingerprint density at radius 2 is 1.65 bits per heavy atom. The van der Waals surface area contributed by atoms with Gasteiger partial charge in [-0.25, -0.2) is 0 Å². The monoisotopic (exact) mass is 443 g/mol. The van der Waals surface area contributed by atoms with Gasteiger partial charge in [-0.1, -0.05) is 18.9 Å². The molecule has 0 aromatic heterocycles. The molecule has 31 heavy (non-hydrogen) atoms. The van der Waals surface area contributed by atoms with Crippen LogP contribution in [0.15, 0.2) is 24.3 Å². The van der Waals surface area contributed by atoms with Gasteiger partial charge in [0, 0.05) is 17.3 Å². The maximum Gasteiger partial charge on any atom is 0.247 e. The lowest BCUT2D eigenvalue weighted by Gasteiger charge is -2.26. The SMILES string of the molecule is CSCC[C@H](C(=O)Nc1cccc(NC(=O)C2CC2)c1)N1C(=O)[C@H]2CCCC[C@H]2C1=O. The maximum atomic E-state index is 13.2. The molecule has 0 unspecified atom stereocenters. The molecular weight excluding hydrogens is 414 g/mol. The Labute approximate surface area is 186 Å². The Bertz CT molecular complexity index is 861. The van der Waals surface area contributed by atoms with Crippen molar-refractivity contribution in [1.82, 2.24) is 4.90 Å². The van der Waals surface area contributed by atoms with Gasteiger partial charge in [-0.15, -0.1) is 0 Å². The molecule has 2 N–H and O–H groups in total. The minimum Gasteiger partial charge on any atom is -0.326 e. The molecule has 7 nitrogen and oxygen atoms in total. The molecule has 4 rings (SSSR count). The number of likely N-dealkylation sites (tertiary alicyclic amines) is 1. The number of carbonyl (C=O) groups excluding carboxylic acids is 4. The molecule has 3 aliphatic rings. The summed E-state index contributed by atoms with van der Waals surface area (Å²) in [6.07, 6.45) is 7.55. The lowest BCUT2D eigenvalue weighted by atomic mass is 9.81. The molecule has 166 valence electrons. The van der Waals surface area contributed by atoms with E-state index in [-0.39, 0.29) is 41.4 Å². The number of hydrogen-bond donors (Lipinski definition) is 2. The molecule has 1 saturated heterocycles. The van der Waals surface area contributed by atoms with Crippen molar-refractivity contribution in [1.29, 1.82) is 0 Å². The number of imide groups is 1. The van der Waals surface area contributed by atoms with Crippen molar-refractivity contribution in [3.05, 3.63) is 24.3 Å². The second-order valence-corrected chi connectivity index (χ2v) is 9.66. The van der Waals surface area contributed by atoms with Gasteiger partial charge in [-0.3, -0.25) is 24.1 Å². The van der Waals surface area contributed by atoms with Gasteiger partial charge >= 0.3 is 0 Å². The summed E-state index contributed by atoms with van der Waals surface area (Å²) in [5.74, 6) is -0.536. The molecule has 1 aliphatic heterocycles. The number of hydrogen-bond acceptors (Lipinski definition) is 5. The van der Waals surface area contributed by atoms with Crippen molar-refractivity contribution in [2.75, 3.05) is 22.6 Å². The Balaban J connectivity index is 1.49. The summed E-state index contributed by atoms with van der Waals surface area (Å²) in [6, 6.07) is 6.17. The summed E-state index contributed by atoms with van der Waals surface area (Å²) >= 11 is 1.58. The standard InChI is InChI=1S/C23H29N3O4S/c1-31-12-11-19(26-22(29)17-7-2-3-8-18(17)23(26)30)21(28)25-16-6-4-5-15(13-16)24-20(27)14-9-10-14/h4-6,13-14,17-19H,2-3,7-12H2,1H3,(H,24,27)(H,25,28)/t17-,18+,19-/m1/s1. The second-order valence-electron chi connectivity index (χ2n) is 8.67. The highest BCUT2D eigenvalue weighted by atomic mass is 32.2. The first-order valence-corrected chi connectivity index (χ1v) is 12.5. The van der Waals surface area contributed by atoms with E-state index in [4.69, 9.17) is 0 Å². The first-order chi connectivity index (χ1) is 15.0. The number of nitrogens with zero attached hydrogens (tertiary/aromatic N) is 1. The number of benzene rings is 1. The largest absolute Gasteiger partial charge is 0.326 e. The highest BCUT2D eigenvalue weighted by Crippen LogP contribution is 2.39. The minimum absolute atomic E-state index is 0.00260. The van der Waals surface area contributed by atoms with Crippen LogP contribution in [0.25, 0.3) is 0 Å². The van der Waals surface area contributed by atoms with Gasteiger partial charge < -0.3 is 10.6 Å². The van der Waals surface area contributed by atoms with Crippen molar-refractivity contribution in [3.8, 4) is 0 Å². The zero-order valence-electron chi connectivity index (χ0n) is 17.8. The van der Waals surface area contributed by atoms with Crippen molar-refractivity contribution < 1.29 is 19.2 Å². The van der Waals surface area contributed by atoms with Crippen LogP contribution in [0.5, 0.6) is 0 Å². The van der Waals surface area contributed by atoms with Crippen molar-refractivity contribution in [2.24, 2.45) is 17.8 Å². The minimum atomic E-state index is -0.817. The van der Waals surface area contributed by atoms with Crippen LogP contribution >= 0.6 is 11.8 Å². The van der Waals surface area contributed by atoms with Crippen molar-refractivity contribution >= 4 is 46.8 Å². The average molecular weight is 444 g/mol. The fourth-order valence-electron chi connectivity index (χ4n) is 4.59. The molecule has 2 aliphatic carbocycles. The molecule has 1 aromatic rings. The van der Waals surface area contributed by atoms with E-state index in [1.807, 2.05) is 6.26 Å². The summed E-state index contributed by atoms with van der Waals surface area (Å²) in [5, 5.41) is 5.73. The molecule has 0 bridgehead atoms. The predicted molar refractivity (Wildman–Crippen MR) is 121 cm³/mol. The molecule has 0 spiro atoms. The highest BCUT2D eigenvalue weighted by molar-refractivity contribution is 7.98. The van der Waals surface area contributed by atoms with E-state index in [9.17, 15) is 19.2 Å². The van der Waals surface area contributed by atoms with Crippen LogP contribution in [0.4, 0.5) is 11.4 Å². The van der Waals surface area contributed by atoms with Crippen LogP contribution in [0.2, 0.25) is 0 Å². The number of anilines is 2. The molecule has 2 saturated carbocycles. The van der Waals surface area contributed by atoms with Gasteiger partial charge in [-0.2, -0.15) is 11.8 Å². The van der Waals surface area contributed by atoms with E-state index in [1.165, 1.54) is 4.90 Å². The van der Waals surface area contributed by atoms with Crippen LogP contribution in [-0.2, 0) is 19.2 Å². The van der Waals surface area contributed by atoms with E-state index in [0.29, 0.717) is 23.5 Å². The van der Waals surface area contributed by atoms with Gasteiger partial charge in [0.15, 0.2) is 0 Å². The fourth-order valence-corrected chi connectivity index (χ4v) is 5.05. The normalized spacial score (nSPS) is 24.0. The molecular formula is C23H29N3O4S. The molecule has 0 radical (unpaired) electrons. The molecule has 3 fully saturated rings. The maximum absolute atomic E-state index is 13.2. The number of fused-ring (bicyclic) bond motifs is 1. The fraction of sp³-hybridized carbons (Fsp3) is 0.565. The van der Waals surface area contributed by atoms with Crippen LogP contribution in [-0.4, -0.2) is 46.6 Å². The Hall–Kier alpha value is -2.35. The summed E-state index contributed by atoms with van der Waals surface area (Å²) in [6.45, 7) is 0. The third-order valence-corrected chi connectivity index (χ3v) is 7.07. The molecule has 4 amide bonds. The van der Waals surface area contributed by atoms with Gasteiger partial charge in [0.2, 0.25) is 23.6 Å². The summed E-state index contributed by atoms with van der Waals surface area (Å²) in [5.41, 5.74) is 1.15. The van der Waals surface area contributed by atoms with Gasteiger partial charge in [0.25, 0.3) is 0 Å². The quantitative estimate of drug-likeness (QED) is 0.601. The zero-order valence-corrected chi connectivity index (χ0v) is 18.6. The van der Waals surface area contributed by atoms with Crippen LogP contribution in [0.3, 0.4) is 0 Å². The number of amides is 4. The second kappa shape index (κ2) is 9.42. The Morgan fingerprint density at radius 3 is 2.23 bits per heavy atom. The van der Waals surface area contributed by atoms with Crippen molar-refractivity contribution in [3.63, 3.8) is 0 Å². The first-order valence-electron chi connectivity index (χ1n) is 11.1. The third kappa shape index (κ3) is 4.79. The number of carbonyl (C=O) groups is 4. The predicted octanol–water partition coefficient (Wildman–Crippen LogP) is 3.27. The lowest BCUT2D eigenvalue weighted by Crippen LogP contribution is -2.48. The van der Waals surface area contributed by atoms with Gasteiger partial charge in [0.05, 0.1) is 11.8 Å². The lowest BCUT2D eigenvalue weighted by molar-refractivity contribution is -0.146. The average Bonchev–Trinajstić information content (AvgIpc) is 3.58. The van der Waals surface area contributed by atoms with Crippen LogP contribution in [0.1, 0.15) is 44.9 Å². The Morgan fingerprint density at radius 1 is 1.03 bits per heavy atom. The van der Waals surface area contributed by atoms with Crippen LogP contribution in [0, 0.1) is 17.8 Å². The first kappa shape index (κ1) is 21.9. The summed E-state index contributed by atoms with van der Waals surface area (Å²) in [4.78, 5) is 52.5. The third-order valence-electron chi connectivity index (χ3n) is 6.43. The van der Waals surface area contributed by atoms with E-state index >= 15 is 0 Å². The van der Waals surface area contributed by atoms with Crippen LogP contribution < -0.4 is 10.6 Å². The molecule has 1 heterocycles. The zero-order chi connectivity index (χ0) is 22.0. The number of nitrogens with one attached hydrogen (secondary N) is 2. The summed E-state index contributed by atoms with van der Waals surface area (Å²) < 4.78 is 0. The number of thioether (sulfide) groups is 1. The molecule has 8 heteroatoms. The topological polar surface area (TPSA) is 95.6 Å². The molecule has 3 atom stereocenters. The van der Waals surface area contributed by atoms with E-state index in [2.05, 4.69) is 10.6 Å². The highest BCUT2D eigenvalue weighted by Gasteiger charge is 2.51. The van der Waals surface area contributed by atoms with E-state index in [1.54, 1.807) is 36.0 Å². The molecule has 1 aromatic carbocycles. The van der Waals surface area contributed by atoms with Crippen molar-refractivity contribution in [2.45, 2.75) is 51.0 Å². The van der Waals surface area contributed by atoms with Gasteiger partial charge in [-0.05, 0) is 62.3 Å². The van der Waals surface area contributed by atoms with E-state index in [0.717, 1.165) is 38.5 Å². The Kier molecular flexibility index (Phi) is 6.65. The smallest absolute Gasteiger partial charge is 0.247 e. The van der Waals surface area contributed by atoms with Gasteiger partial charge in [0.1, 0.15) is 6.04 Å². The summed E-state index contributed by atoms with van der Waals surface area (Å²) in [7, 11) is 0. The number of rotatable bonds is 8. The van der Waals surface area contributed by atoms with E-state index < -0.39 is 6.04 Å².